The van der Waals surface area contributed by atoms with Crippen molar-refractivity contribution in [1.29, 1.82) is 0 Å². The molecule has 0 heterocycles. The number of aliphatic hydroxyl groups is 1. The van der Waals surface area contributed by atoms with Gasteiger partial charge in [0.2, 0.25) is 0 Å². The topological polar surface area (TPSA) is 29.5 Å². The van der Waals surface area contributed by atoms with Gasteiger partial charge in [-0.05, 0) is 36.3 Å². The number of halogens is 1. The second kappa shape index (κ2) is 5.54. The zero-order valence-corrected chi connectivity index (χ0v) is 10.2. The minimum absolute atomic E-state index is 0.277. The molecule has 1 aliphatic rings. The van der Waals surface area contributed by atoms with Gasteiger partial charge in [-0.15, -0.1) is 0 Å². The maximum Gasteiger partial charge on any atom is 0.131 e. The Balaban J connectivity index is 2.39. The van der Waals surface area contributed by atoms with Crippen molar-refractivity contribution < 1.29 is 14.2 Å². The van der Waals surface area contributed by atoms with E-state index < -0.39 is 0 Å². The molecule has 0 aromatic heterocycles. The Kier molecular flexibility index (Phi) is 3.82. The van der Waals surface area contributed by atoms with Gasteiger partial charge >= 0.3 is 0 Å². The van der Waals surface area contributed by atoms with E-state index in [9.17, 15) is 9.50 Å². The van der Waals surface area contributed by atoms with Crippen LogP contribution >= 0.6 is 0 Å². The lowest BCUT2D eigenvalue weighted by atomic mass is 10.0. The molecule has 0 amide bonds. The highest BCUT2D eigenvalue weighted by Gasteiger charge is 2.08. The molecule has 3 heteroatoms. The first-order chi connectivity index (χ1) is 8.70. The molecule has 0 saturated carbocycles. The fourth-order valence-corrected chi connectivity index (χ4v) is 1.83. The van der Waals surface area contributed by atoms with Gasteiger partial charge in [0.15, 0.2) is 0 Å². The standard InChI is InChI=1S/C15H15FO2/c1-18-13-8-9-15(16)14(10-13)11-4-2-6-12(17)7-3-5-11/h2,4-5,7-10,17H,3,6H2,1H3/b4-2?,11-5+,12-7+. The number of allylic oxidation sites excluding steroid dienone is 5. The summed E-state index contributed by atoms with van der Waals surface area (Å²) < 4.78 is 18.9. The number of ether oxygens (including phenoxy) is 1. The smallest absolute Gasteiger partial charge is 0.131 e. The largest absolute Gasteiger partial charge is 0.512 e. The van der Waals surface area contributed by atoms with Gasteiger partial charge in [-0.1, -0.05) is 18.2 Å². The summed E-state index contributed by atoms with van der Waals surface area (Å²) in [6, 6.07) is 4.67. The Labute approximate surface area is 106 Å². The van der Waals surface area contributed by atoms with Gasteiger partial charge < -0.3 is 9.84 Å². The average molecular weight is 246 g/mol. The molecule has 2 rings (SSSR count). The number of hydrogen-bond donors (Lipinski definition) is 1. The number of aliphatic hydroxyl groups excluding tert-OH is 1. The lowest BCUT2D eigenvalue weighted by molar-refractivity contribution is 0.399. The molecule has 0 aliphatic heterocycles. The number of hydrogen-bond acceptors (Lipinski definition) is 2. The highest BCUT2D eigenvalue weighted by atomic mass is 19.1. The molecule has 0 bridgehead atoms. The predicted octanol–water partition coefficient (Wildman–Crippen LogP) is 4.01. The molecule has 0 radical (unpaired) electrons. The second-order valence-corrected chi connectivity index (χ2v) is 4.04. The highest BCUT2D eigenvalue weighted by Crippen LogP contribution is 2.26. The molecule has 0 atom stereocenters. The summed E-state index contributed by atoms with van der Waals surface area (Å²) >= 11 is 0. The number of rotatable bonds is 2. The Morgan fingerprint density at radius 3 is 2.89 bits per heavy atom. The van der Waals surface area contributed by atoms with E-state index in [1.165, 1.54) is 6.07 Å². The Hall–Kier alpha value is -2.03. The minimum atomic E-state index is -0.277. The predicted molar refractivity (Wildman–Crippen MR) is 70.0 cm³/mol. The summed E-state index contributed by atoms with van der Waals surface area (Å²) in [5.74, 6) is 0.689. The summed E-state index contributed by atoms with van der Waals surface area (Å²) in [5.41, 5.74) is 1.32. The van der Waals surface area contributed by atoms with E-state index >= 15 is 0 Å². The van der Waals surface area contributed by atoms with Crippen LogP contribution in [0.1, 0.15) is 18.4 Å². The van der Waals surface area contributed by atoms with Crippen LogP contribution in [0.5, 0.6) is 5.75 Å². The van der Waals surface area contributed by atoms with Crippen molar-refractivity contribution in [2.24, 2.45) is 0 Å². The first-order valence-corrected chi connectivity index (χ1v) is 5.79. The maximum atomic E-state index is 13.8. The lowest BCUT2D eigenvalue weighted by Crippen LogP contribution is -1.92. The molecular weight excluding hydrogens is 231 g/mol. The number of methoxy groups -OCH3 is 1. The summed E-state index contributed by atoms with van der Waals surface area (Å²) in [7, 11) is 1.56. The zero-order chi connectivity index (χ0) is 13.0. The van der Waals surface area contributed by atoms with E-state index in [1.807, 2.05) is 18.2 Å². The van der Waals surface area contributed by atoms with E-state index in [2.05, 4.69) is 0 Å². The first kappa shape index (κ1) is 12.4. The van der Waals surface area contributed by atoms with Crippen molar-refractivity contribution in [3.63, 3.8) is 0 Å². The fraction of sp³-hybridized carbons (Fsp3) is 0.200. The van der Waals surface area contributed by atoms with Crippen LogP contribution in [-0.4, -0.2) is 12.2 Å². The molecular formula is C15H15FO2. The monoisotopic (exact) mass is 246 g/mol. The molecule has 0 spiro atoms. The van der Waals surface area contributed by atoms with Crippen LogP contribution in [0.25, 0.3) is 5.57 Å². The lowest BCUT2D eigenvalue weighted by Gasteiger charge is -2.09. The number of benzene rings is 1. The second-order valence-electron chi connectivity index (χ2n) is 4.04. The van der Waals surface area contributed by atoms with E-state index in [1.54, 1.807) is 25.3 Å². The summed E-state index contributed by atoms with van der Waals surface area (Å²) in [4.78, 5) is 0. The summed E-state index contributed by atoms with van der Waals surface area (Å²) in [6.07, 6.45) is 8.30. The van der Waals surface area contributed by atoms with Crippen molar-refractivity contribution in [3.05, 3.63) is 59.6 Å². The normalized spacial score (nSPS) is 21.2. The highest BCUT2D eigenvalue weighted by molar-refractivity contribution is 5.75. The molecule has 1 aliphatic carbocycles. The SMILES string of the molecule is COc1ccc(F)c(/C2=C/C/C=C(/O)CC=C2)c1. The van der Waals surface area contributed by atoms with E-state index in [0.29, 0.717) is 29.9 Å². The molecule has 0 fully saturated rings. The Bertz CT molecular complexity index is 527. The Morgan fingerprint density at radius 1 is 1.28 bits per heavy atom. The van der Waals surface area contributed by atoms with Crippen LogP contribution < -0.4 is 4.74 Å². The molecule has 2 nitrogen and oxygen atoms in total. The van der Waals surface area contributed by atoms with E-state index in [-0.39, 0.29) is 5.82 Å². The molecule has 1 N–H and O–H groups in total. The first-order valence-electron chi connectivity index (χ1n) is 5.79. The van der Waals surface area contributed by atoms with Crippen LogP contribution in [0.2, 0.25) is 0 Å². The molecule has 18 heavy (non-hydrogen) atoms. The van der Waals surface area contributed by atoms with Crippen molar-refractivity contribution in [2.45, 2.75) is 12.8 Å². The van der Waals surface area contributed by atoms with Gasteiger partial charge in [0.05, 0.1) is 12.9 Å². The molecule has 1 aromatic rings. The van der Waals surface area contributed by atoms with Gasteiger partial charge in [0.1, 0.15) is 11.6 Å². The van der Waals surface area contributed by atoms with Gasteiger partial charge in [0, 0.05) is 12.0 Å². The van der Waals surface area contributed by atoms with Gasteiger partial charge in [-0.25, -0.2) is 4.39 Å². The average Bonchev–Trinajstić information content (AvgIpc) is 2.35. The van der Waals surface area contributed by atoms with Gasteiger partial charge in [-0.2, -0.15) is 0 Å². The Morgan fingerprint density at radius 2 is 2.11 bits per heavy atom. The van der Waals surface area contributed by atoms with Crippen molar-refractivity contribution in [3.8, 4) is 5.75 Å². The molecule has 0 unspecified atom stereocenters. The molecule has 1 aromatic carbocycles. The fourth-order valence-electron chi connectivity index (χ4n) is 1.83. The quantitative estimate of drug-likeness (QED) is 0.854. The third-order valence-corrected chi connectivity index (χ3v) is 2.80. The van der Waals surface area contributed by atoms with Crippen molar-refractivity contribution >= 4 is 5.57 Å². The molecule has 0 saturated heterocycles. The molecule has 94 valence electrons. The zero-order valence-electron chi connectivity index (χ0n) is 10.2. The third kappa shape index (κ3) is 2.80. The van der Waals surface area contributed by atoms with Crippen LogP contribution in [-0.2, 0) is 0 Å². The van der Waals surface area contributed by atoms with Crippen LogP contribution in [0.15, 0.2) is 48.3 Å². The summed E-state index contributed by atoms with van der Waals surface area (Å²) in [5, 5.41) is 9.39. The van der Waals surface area contributed by atoms with Crippen molar-refractivity contribution in [1.82, 2.24) is 0 Å². The van der Waals surface area contributed by atoms with Crippen LogP contribution in [0.4, 0.5) is 4.39 Å². The van der Waals surface area contributed by atoms with Crippen molar-refractivity contribution in [2.75, 3.05) is 7.11 Å². The van der Waals surface area contributed by atoms with E-state index in [0.717, 1.165) is 5.57 Å². The third-order valence-electron chi connectivity index (χ3n) is 2.80. The van der Waals surface area contributed by atoms with Gasteiger partial charge in [0.25, 0.3) is 0 Å². The van der Waals surface area contributed by atoms with Gasteiger partial charge in [-0.3, -0.25) is 0 Å². The van der Waals surface area contributed by atoms with Crippen LogP contribution in [0, 0.1) is 5.82 Å². The van der Waals surface area contributed by atoms with E-state index in [4.69, 9.17) is 4.74 Å². The maximum absolute atomic E-state index is 13.8. The minimum Gasteiger partial charge on any atom is -0.512 e. The summed E-state index contributed by atoms with van der Waals surface area (Å²) in [6.45, 7) is 0. The van der Waals surface area contributed by atoms with Crippen LogP contribution in [0.3, 0.4) is 0 Å².